The van der Waals surface area contributed by atoms with E-state index in [0.717, 1.165) is 6.42 Å². The van der Waals surface area contributed by atoms with Gasteiger partial charge in [0.1, 0.15) is 0 Å². The molecular formula is C10H14N4OS. The lowest BCUT2D eigenvalue weighted by Crippen LogP contribution is -1.99. The van der Waals surface area contributed by atoms with Gasteiger partial charge >= 0.3 is 6.01 Å². The van der Waals surface area contributed by atoms with Crippen molar-refractivity contribution in [3.8, 4) is 0 Å². The third-order valence-electron chi connectivity index (χ3n) is 2.26. The van der Waals surface area contributed by atoms with E-state index in [1.54, 1.807) is 11.3 Å². The number of nitrogens with two attached hydrogens (primary N) is 1. The van der Waals surface area contributed by atoms with E-state index in [-0.39, 0.29) is 6.54 Å². The predicted octanol–water partition coefficient (Wildman–Crippen LogP) is 1.76. The maximum absolute atomic E-state index is 5.38. The summed E-state index contributed by atoms with van der Waals surface area (Å²) in [6.07, 6.45) is 1.04. The number of aromatic nitrogens is 2. The topological polar surface area (TPSA) is 77.0 Å². The molecule has 0 bridgehead atoms. The van der Waals surface area contributed by atoms with Crippen LogP contribution in [0.5, 0.6) is 0 Å². The minimum atomic E-state index is 0.272. The molecule has 0 aliphatic rings. The summed E-state index contributed by atoms with van der Waals surface area (Å²) >= 11 is 1.73. The third-order valence-corrected chi connectivity index (χ3v) is 3.22. The number of thiophene rings is 1. The first-order valence-electron chi connectivity index (χ1n) is 5.15. The fourth-order valence-electron chi connectivity index (χ4n) is 1.40. The van der Waals surface area contributed by atoms with Gasteiger partial charge in [-0.25, -0.2) is 0 Å². The average Bonchev–Trinajstić information content (AvgIpc) is 2.94. The summed E-state index contributed by atoms with van der Waals surface area (Å²) in [4.78, 5) is 1.30. The molecule has 86 valence electrons. The standard InChI is InChI=1S/C10H14N4OS/c1-2-7-3-4-16-8(7)6-12-10-14-13-9(5-11)15-10/h3-4H,2,5-6,11H2,1H3,(H,12,14). The maximum Gasteiger partial charge on any atom is 0.315 e. The van der Waals surface area contributed by atoms with Crippen molar-refractivity contribution in [1.82, 2.24) is 10.2 Å². The number of nitrogens with zero attached hydrogens (tertiary/aromatic N) is 2. The quantitative estimate of drug-likeness (QED) is 0.830. The summed E-state index contributed by atoms with van der Waals surface area (Å²) in [6, 6.07) is 2.57. The molecular weight excluding hydrogens is 224 g/mol. The number of anilines is 1. The second kappa shape index (κ2) is 5.09. The van der Waals surface area contributed by atoms with Crippen molar-refractivity contribution in [3.05, 3.63) is 27.8 Å². The van der Waals surface area contributed by atoms with Crippen molar-refractivity contribution in [3.63, 3.8) is 0 Å². The first kappa shape index (κ1) is 11.1. The number of hydrogen-bond acceptors (Lipinski definition) is 6. The van der Waals surface area contributed by atoms with Crippen molar-refractivity contribution < 1.29 is 4.42 Å². The number of nitrogens with one attached hydrogen (secondary N) is 1. The van der Waals surface area contributed by atoms with Gasteiger partial charge in [-0.2, -0.15) is 0 Å². The van der Waals surface area contributed by atoms with Gasteiger partial charge in [-0.1, -0.05) is 12.0 Å². The Morgan fingerprint density at radius 3 is 3.06 bits per heavy atom. The summed E-state index contributed by atoms with van der Waals surface area (Å²) in [6.45, 7) is 3.13. The molecule has 0 saturated heterocycles. The summed E-state index contributed by atoms with van der Waals surface area (Å²) in [7, 11) is 0. The lowest BCUT2D eigenvalue weighted by molar-refractivity contribution is 0.507. The first-order chi connectivity index (χ1) is 7.83. The fourth-order valence-corrected chi connectivity index (χ4v) is 2.32. The lowest BCUT2D eigenvalue weighted by Gasteiger charge is -2.01. The number of aryl methyl sites for hydroxylation is 1. The van der Waals surface area contributed by atoms with Gasteiger partial charge in [0, 0.05) is 4.88 Å². The van der Waals surface area contributed by atoms with Crippen LogP contribution in [0.15, 0.2) is 15.9 Å². The van der Waals surface area contributed by atoms with E-state index in [1.807, 2.05) is 0 Å². The van der Waals surface area contributed by atoms with E-state index < -0.39 is 0 Å². The molecule has 2 aromatic rings. The van der Waals surface area contributed by atoms with Crippen LogP contribution in [-0.2, 0) is 19.5 Å². The predicted molar refractivity (Wildman–Crippen MR) is 63.2 cm³/mol. The number of hydrogen-bond donors (Lipinski definition) is 2. The van der Waals surface area contributed by atoms with Crippen molar-refractivity contribution in [2.45, 2.75) is 26.4 Å². The smallest absolute Gasteiger partial charge is 0.315 e. The van der Waals surface area contributed by atoms with Crippen LogP contribution in [0.1, 0.15) is 23.3 Å². The Morgan fingerprint density at radius 2 is 2.38 bits per heavy atom. The van der Waals surface area contributed by atoms with Gasteiger partial charge in [-0.3, -0.25) is 0 Å². The highest BCUT2D eigenvalue weighted by Gasteiger charge is 2.06. The molecule has 0 unspecified atom stereocenters. The molecule has 2 rings (SSSR count). The normalized spacial score (nSPS) is 10.6. The second-order valence-electron chi connectivity index (χ2n) is 3.28. The molecule has 0 atom stereocenters. The summed E-state index contributed by atoms with van der Waals surface area (Å²) < 4.78 is 5.25. The molecule has 6 heteroatoms. The van der Waals surface area contributed by atoms with Gasteiger partial charge in [-0.05, 0) is 23.4 Å². The SMILES string of the molecule is CCc1ccsc1CNc1nnc(CN)o1. The molecule has 0 aliphatic carbocycles. The highest BCUT2D eigenvalue weighted by atomic mass is 32.1. The maximum atomic E-state index is 5.38. The zero-order valence-electron chi connectivity index (χ0n) is 9.06. The minimum Gasteiger partial charge on any atom is -0.407 e. The molecule has 0 aromatic carbocycles. The van der Waals surface area contributed by atoms with Crippen LogP contribution in [0.2, 0.25) is 0 Å². The molecule has 0 spiro atoms. The van der Waals surface area contributed by atoms with Crippen LogP contribution in [-0.4, -0.2) is 10.2 Å². The Morgan fingerprint density at radius 1 is 1.50 bits per heavy atom. The van der Waals surface area contributed by atoms with Crippen LogP contribution in [0.4, 0.5) is 6.01 Å². The first-order valence-corrected chi connectivity index (χ1v) is 6.03. The van der Waals surface area contributed by atoms with Crippen molar-refractivity contribution in [1.29, 1.82) is 0 Å². The number of rotatable bonds is 5. The van der Waals surface area contributed by atoms with Gasteiger partial charge < -0.3 is 15.5 Å². The molecule has 16 heavy (non-hydrogen) atoms. The Hall–Kier alpha value is -1.40. The van der Waals surface area contributed by atoms with E-state index in [0.29, 0.717) is 18.5 Å². The largest absolute Gasteiger partial charge is 0.407 e. The van der Waals surface area contributed by atoms with Gasteiger partial charge in [0.25, 0.3) is 0 Å². The van der Waals surface area contributed by atoms with Crippen molar-refractivity contribution >= 4 is 17.4 Å². The highest BCUT2D eigenvalue weighted by molar-refractivity contribution is 7.10. The summed E-state index contributed by atoms with van der Waals surface area (Å²) in [5, 5.41) is 12.8. The third kappa shape index (κ3) is 2.40. The Balaban J connectivity index is 1.96. The Labute approximate surface area is 97.7 Å². The molecule has 0 aliphatic heterocycles. The van der Waals surface area contributed by atoms with E-state index >= 15 is 0 Å². The van der Waals surface area contributed by atoms with Crippen LogP contribution >= 0.6 is 11.3 Å². The average molecular weight is 238 g/mol. The van der Waals surface area contributed by atoms with E-state index in [1.165, 1.54) is 10.4 Å². The second-order valence-corrected chi connectivity index (χ2v) is 4.28. The van der Waals surface area contributed by atoms with Gasteiger partial charge in [0.05, 0.1) is 13.1 Å². The van der Waals surface area contributed by atoms with E-state index in [2.05, 4.69) is 33.9 Å². The zero-order valence-corrected chi connectivity index (χ0v) is 9.88. The van der Waals surface area contributed by atoms with E-state index in [9.17, 15) is 0 Å². The molecule has 2 aromatic heterocycles. The van der Waals surface area contributed by atoms with Crippen LogP contribution in [0.25, 0.3) is 0 Å². The monoisotopic (exact) mass is 238 g/mol. The highest BCUT2D eigenvalue weighted by Crippen LogP contribution is 2.18. The lowest BCUT2D eigenvalue weighted by atomic mass is 10.2. The van der Waals surface area contributed by atoms with Crippen LogP contribution in [0, 0.1) is 0 Å². The van der Waals surface area contributed by atoms with Gasteiger partial charge in [0.2, 0.25) is 5.89 Å². The molecule has 0 fully saturated rings. The zero-order chi connectivity index (χ0) is 11.4. The van der Waals surface area contributed by atoms with Crippen LogP contribution in [0.3, 0.4) is 0 Å². The molecule has 0 radical (unpaired) electrons. The Kier molecular flexibility index (Phi) is 3.53. The summed E-state index contributed by atoms with van der Waals surface area (Å²) in [5.41, 5.74) is 6.74. The molecule has 5 nitrogen and oxygen atoms in total. The minimum absolute atomic E-state index is 0.272. The Bertz CT molecular complexity index is 451. The van der Waals surface area contributed by atoms with Crippen molar-refractivity contribution in [2.75, 3.05) is 5.32 Å². The summed E-state index contributed by atoms with van der Waals surface area (Å²) in [5.74, 6) is 0.449. The molecule has 3 N–H and O–H groups in total. The fraction of sp³-hybridized carbons (Fsp3) is 0.400. The van der Waals surface area contributed by atoms with Crippen molar-refractivity contribution in [2.24, 2.45) is 5.73 Å². The van der Waals surface area contributed by atoms with Gasteiger partial charge in [-0.15, -0.1) is 16.4 Å². The molecule has 2 heterocycles. The molecule has 0 saturated carbocycles. The van der Waals surface area contributed by atoms with Crippen LogP contribution < -0.4 is 11.1 Å². The van der Waals surface area contributed by atoms with Gasteiger partial charge in [0.15, 0.2) is 0 Å². The molecule has 0 amide bonds. The van der Waals surface area contributed by atoms with E-state index in [4.69, 9.17) is 10.2 Å².